The van der Waals surface area contributed by atoms with Crippen LogP contribution in [0.3, 0.4) is 0 Å². The molecular weight excluding hydrogens is 378 g/mol. The molecule has 150 valence electrons. The van der Waals surface area contributed by atoms with Gasteiger partial charge in [-0.15, -0.1) is 0 Å². The van der Waals surface area contributed by atoms with Gasteiger partial charge >= 0.3 is 0 Å². The summed E-state index contributed by atoms with van der Waals surface area (Å²) >= 11 is 6.05. The van der Waals surface area contributed by atoms with Gasteiger partial charge in [-0.05, 0) is 30.5 Å². The summed E-state index contributed by atoms with van der Waals surface area (Å²) in [5.41, 5.74) is 1.16. The molecule has 0 spiro atoms. The molecule has 1 saturated carbocycles. The topological polar surface area (TPSA) is 60.9 Å². The lowest BCUT2D eigenvalue weighted by molar-refractivity contribution is -0.147. The lowest BCUT2D eigenvalue weighted by Crippen LogP contribution is -2.51. The number of fused-ring (bicyclic) bond motifs is 1. The first kappa shape index (κ1) is 19.4. The first-order chi connectivity index (χ1) is 13.5. The van der Waals surface area contributed by atoms with Gasteiger partial charge in [0.1, 0.15) is 6.54 Å². The Hall–Kier alpha value is -1.92. The molecule has 2 aliphatic heterocycles. The fraction of sp³-hybridized carbons (Fsp3) is 0.571. The zero-order valence-electron chi connectivity index (χ0n) is 16.0. The Kier molecular flexibility index (Phi) is 5.69. The molecule has 1 aromatic rings. The van der Waals surface area contributed by atoms with E-state index >= 15 is 0 Å². The minimum Gasteiger partial charge on any atom is -0.339 e. The van der Waals surface area contributed by atoms with Crippen molar-refractivity contribution in [1.82, 2.24) is 14.7 Å². The summed E-state index contributed by atoms with van der Waals surface area (Å²) in [6.07, 6.45) is 3.55. The van der Waals surface area contributed by atoms with Crippen molar-refractivity contribution >= 4 is 29.3 Å². The van der Waals surface area contributed by atoms with Crippen molar-refractivity contribution in [2.45, 2.75) is 32.2 Å². The van der Waals surface area contributed by atoms with Crippen LogP contribution < -0.4 is 0 Å². The second-order valence-electron chi connectivity index (χ2n) is 8.05. The number of nitrogens with zero attached hydrogens (tertiary/aromatic N) is 3. The van der Waals surface area contributed by atoms with Gasteiger partial charge in [0.2, 0.25) is 17.7 Å². The molecule has 3 fully saturated rings. The van der Waals surface area contributed by atoms with Crippen molar-refractivity contribution in [2.24, 2.45) is 11.8 Å². The number of likely N-dealkylation sites (tertiary alicyclic amines) is 1. The van der Waals surface area contributed by atoms with Crippen molar-refractivity contribution < 1.29 is 14.4 Å². The molecule has 3 amide bonds. The number of benzene rings is 1. The van der Waals surface area contributed by atoms with Gasteiger partial charge in [0.15, 0.2) is 0 Å². The molecule has 0 bridgehead atoms. The summed E-state index contributed by atoms with van der Waals surface area (Å²) in [4.78, 5) is 43.1. The van der Waals surface area contributed by atoms with E-state index in [2.05, 4.69) is 4.90 Å². The number of carbonyl (C=O) groups excluding carboxylic acids is 3. The second kappa shape index (κ2) is 8.21. The average Bonchev–Trinajstić information content (AvgIpc) is 2.94. The first-order valence-electron chi connectivity index (χ1n) is 10.1. The van der Waals surface area contributed by atoms with Crippen LogP contribution in [-0.2, 0) is 20.9 Å². The number of rotatable bonds is 4. The Morgan fingerprint density at radius 1 is 1.00 bits per heavy atom. The first-order valence-corrected chi connectivity index (χ1v) is 10.5. The Morgan fingerprint density at radius 3 is 2.25 bits per heavy atom. The van der Waals surface area contributed by atoms with Crippen LogP contribution in [0.15, 0.2) is 24.3 Å². The number of piperazine rings is 1. The van der Waals surface area contributed by atoms with E-state index in [0.29, 0.717) is 13.1 Å². The monoisotopic (exact) mass is 403 g/mol. The Balaban J connectivity index is 1.29. The van der Waals surface area contributed by atoms with E-state index in [9.17, 15) is 14.4 Å². The minimum absolute atomic E-state index is 0.0983. The molecule has 0 aromatic heterocycles. The van der Waals surface area contributed by atoms with Gasteiger partial charge in [-0.25, -0.2) is 0 Å². The van der Waals surface area contributed by atoms with E-state index < -0.39 is 0 Å². The number of hydrogen-bond acceptors (Lipinski definition) is 4. The third kappa shape index (κ3) is 3.94. The van der Waals surface area contributed by atoms with Crippen LogP contribution in [0.5, 0.6) is 0 Å². The molecule has 6 nitrogen and oxygen atoms in total. The highest BCUT2D eigenvalue weighted by molar-refractivity contribution is 6.30. The maximum absolute atomic E-state index is 12.7. The number of hydrogen-bond donors (Lipinski definition) is 0. The van der Waals surface area contributed by atoms with Crippen molar-refractivity contribution in [3.05, 3.63) is 34.9 Å². The van der Waals surface area contributed by atoms with E-state index in [1.54, 1.807) is 4.90 Å². The van der Waals surface area contributed by atoms with Crippen molar-refractivity contribution in [3.8, 4) is 0 Å². The fourth-order valence-corrected chi connectivity index (χ4v) is 4.88. The molecule has 1 aromatic carbocycles. The van der Waals surface area contributed by atoms with Gasteiger partial charge in [0.05, 0.1) is 11.8 Å². The van der Waals surface area contributed by atoms with Crippen LogP contribution in [0.4, 0.5) is 0 Å². The molecule has 2 atom stereocenters. The quantitative estimate of drug-likeness (QED) is 0.723. The number of halogens is 1. The smallest absolute Gasteiger partial charge is 0.242 e. The van der Waals surface area contributed by atoms with E-state index in [1.807, 2.05) is 24.3 Å². The molecule has 2 saturated heterocycles. The maximum Gasteiger partial charge on any atom is 0.242 e. The van der Waals surface area contributed by atoms with Crippen LogP contribution in [0.2, 0.25) is 5.02 Å². The summed E-state index contributed by atoms with van der Waals surface area (Å²) in [7, 11) is 0. The normalized spacial score (nSPS) is 25.9. The van der Waals surface area contributed by atoms with Gasteiger partial charge in [-0.2, -0.15) is 0 Å². The minimum atomic E-state index is -0.191. The molecule has 28 heavy (non-hydrogen) atoms. The summed E-state index contributed by atoms with van der Waals surface area (Å²) < 4.78 is 0. The zero-order chi connectivity index (χ0) is 19.7. The lowest BCUT2D eigenvalue weighted by Gasteiger charge is -2.35. The average molecular weight is 404 g/mol. The maximum atomic E-state index is 12.7. The number of imide groups is 1. The van der Waals surface area contributed by atoms with Crippen LogP contribution in [0, 0.1) is 11.8 Å². The van der Waals surface area contributed by atoms with E-state index in [-0.39, 0.29) is 36.1 Å². The Morgan fingerprint density at radius 2 is 1.64 bits per heavy atom. The highest BCUT2D eigenvalue weighted by Gasteiger charge is 2.48. The molecule has 4 rings (SSSR count). The number of amides is 3. The SMILES string of the molecule is O=C(CN1C(=O)[C@H]2CCCC[C@H]2C1=O)N1CCN(Cc2cccc(Cl)c2)CC1. The largest absolute Gasteiger partial charge is 0.339 e. The van der Waals surface area contributed by atoms with E-state index in [4.69, 9.17) is 11.6 Å². The third-order valence-electron chi connectivity index (χ3n) is 6.25. The fourth-order valence-electron chi connectivity index (χ4n) is 4.67. The summed E-state index contributed by atoms with van der Waals surface area (Å²) in [6, 6.07) is 7.81. The van der Waals surface area contributed by atoms with E-state index in [1.165, 1.54) is 4.90 Å². The molecule has 0 unspecified atom stereocenters. The van der Waals surface area contributed by atoms with Crippen LogP contribution in [0.1, 0.15) is 31.2 Å². The Labute approximate surface area is 170 Å². The third-order valence-corrected chi connectivity index (χ3v) is 6.48. The molecule has 3 aliphatic rings. The lowest BCUT2D eigenvalue weighted by atomic mass is 9.81. The van der Waals surface area contributed by atoms with Gasteiger partial charge in [-0.1, -0.05) is 36.6 Å². The van der Waals surface area contributed by atoms with Crippen molar-refractivity contribution in [2.75, 3.05) is 32.7 Å². The van der Waals surface area contributed by atoms with Crippen molar-refractivity contribution in [3.63, 3.8) is 0 Å². The summed E-state index contributed by atoms with van der Waals surface area (Å²) in [5.74, 6) is -0.778. The summed E-state index contributed by atoms with van der Waals surface area (Å²) in [5, 5.41) is 0.729. The van der Waals surface area contributed by atoms with Crippen LogP contribution in [0.25, 0.3) is 0 Å². The molecular formula is C21H26ClN3O3. The van der Waals surface area contributed by atoms with Crippen LogP contribution in [-0.4, -0.2) is 65.1 Å². The standard InChI is InChI=1S/C21H26ClN3O3/c22-16-5-3-4-15(12-16)13-23-8-10-24(11-9-23)19(26)14-25-20(27)17-6-1-2-7-18(17)21(25)28/h3-5,12,17-18H,1-2,6-11,13-14H2/t17-,18+. The summed E-state index contributed by atoms with van der Waals surface area (Å²) in [6.45, 7) is 3.47. The van der Waals surface area contributed by atoms with Crippen molar-refractivity contribution in [1.29, 1.82) is 0 Å². The van der Waals surface area contributed by atoms with Gasteiger partial charge < -0.3 is 4.90 Å². The van der Waals surface area contributed by atoms with Crippen LogP contribution >= 0.6 is 11.6 Å². The zero-order valence-corrected chi connectivity index (χ0v) is 16.7. The second-order valence-corrected chi connectivity index (χ2v) is 8.48. The van der Waals surface area contributed by atoms with Gasteiger partial charge in [-0.3, -0.25) is 24.2 Å². The van der Waals surface area contributed by atoms with Gasteiger partial charge in [0, 0.05) is 37.7 Å². The predicted octanol–water partition coefficient (Wildman–Crippen LogP) is 2.16. The predicted molar refractivity (Wildman–Crippen MR) is 105 cm³/mol. The number of carbonyl (C=O) groups is 3. The Bertz CT molecular complexity index is 752. The van der Waals surface area contributed by atoms with Gasteiger partial charge in [0.25, 0.3) is 0 Å². The molecule has 0 N–H and O–H groups in total. The molecule has 1 aliphatic carbocycles. The molecule has 7 heteroatoms. The molecule has 2 heterocycles. The molecule has 0 radical (unpaired) electrons. The highest BCUT2D eigenvalue weighted by atomic mass is 35.5. The van der Waals surface area contributed by atoms with E-state index in [0.717, 1.165) is 55.9 Å². The highest BCUT2D eigenvalue weighted by Crippen LogP contribution is 2.37.